The molecule has 0 amide bonds. The fourth-order valence-corrected chi connectivity index (χ4v) is 1.04. The zero-order valence-electron chi connectivity index (χ0n) is 5.89. The van der Waals surface area contributed by atoms with Crippen LogP contribution in [0.5, 0.6) is 0 Å². The van der Waals surface area contributed by atoms with Gasteiger partial charge in [-0.15, -0.1) is 0 Å². The molecular formula is C6H7BrF2N2. The van der Waals surface area contributed by atoms with Crippen molar-refractivity contribution in [2.24, 2.45) is 0 Å². The molecule has 62 valence electrons. The summed E-state index contributed by atoms with van der Waals surface area (Å²) in [7, 11) is 0. The number of hydrogen-bond acceptors (Lipinski definition) is 1. The van der Waals surface area contributed by atoms with Crippen LogP contribution in [0.25, 0.3) is 0 Å². The van der Waals surface area contributed by atoms with Crippen LogP contribution in [0, 0.1) is 0 Å². The first-order chi connectivity index (χ1) is 4.97. The third-order valence-corrected chi connectivity index (χ3v) is 1.45. The Bertz CT molecular complexity index is 241. The molecule has 11 heavy (non-hydrogen) atoms. The van der Waals surface area contributed by atoms with Gasteiger partial charge >= 0.3 is 0 Å². The topological polar surface area (TPSA) is 17.8 Å². The summed E-state index contributed by atoms with van der Waals surface area (Å²) in [6.45, 7) is 0.487. The second-order valence-electron chi connectivity index (χ2n) is 2.43. The maximum absolute atomic E-state index is 12.3. The number of rotatable bonds is 2. The Labute approximate surface area is 71.3 Å². The first-order valence-corrected chi connectivity index (χ1v) is 3.82. The molecule has 0 saturated carbocycles. The molecule has 1 aromatic rings. The SMILES string of the molecule is CC(F)(F)Cn1cc(Br)cn1. The first kappa shape index (κ1) is 8.64. The quantitative estimate of drug-likeness (QED) is 0.754. The summed E-state index contributed by atoms with van der Waals surface area (Å²) in [5.41, 5.74) is 0. The van der Waals surface area contributed by atoms with E-state index in [9.17, 15) is 8.78 Å². The van der Waals surface area contributed by atoms with Gasteiger partial charge in [-0.25, -0.2) is 8.78 Å². The lowest BCUT2D eigenvalue weighted by molar-refractivity contribution is 0.000577. The standard InChI is InChI=1S/C6H7BrF2N2/c1-6(8,9)4-11-3-5(7)2-10-11/h2-3H,4H2,1H3. The maximum Gasteiger partial charge on any atom is 0.264 e. The molecule has 0 N–H and O–H groups in total. The van der Waals surface area contributed by atoms with Gasteiger partial charge in [0.05, 0.1) is 10.7 Å². The summed E-state index contributed by atoms with van der Waals surface area (Å²) in [5, 5.41) is 3.69. The van der Waals surface area contributed by atoms with Crippen LogP contribution in [0.2, 0.25) is 0 Å². The minimum Gasteiger partial charge on any atom is -0.266 e. The van der Waals surface area contributed by atoms with Gasteiger partial charge in [0.25, 0.3) is 5.92 Å². The van der Waals surface area contributed by atoms with E-state index in [-0.39, 0.29) is 6.54 Å². The van der Waals surface area contributed by atoms with Crippen molar-refractivity contribution in [3.05, 3.63) is 16.9 Å². The second-order valence-corrected chi connectivity index (χ2v) is 3.34. The van der Waals surface area contributed by atoms with Crippen LogP contribution in [-0.4, -0.2) is 15.7 Å². The normalized spacial score (nSPS) is 12.0. The molecule has 0 radical (unpaired) electrons. The summed E-state index contributed by atoms with van der Waals surface area (Å²) in [4.78, 5) is 0. The zero-order valence-corrected chi connectivity index (χ0v) is 7.48. The highest BCUT2D eigenvalue weighted by molar-refractivity contribution is 9.10. The van der Waals surface area contributed by atoms with Gasteiger partial charge in [-0.05, 0) is 15.9 Å². The van der Waals surface area contributed by atoms with E-state index < -0.39 is 5.92 Å². The molecule has 0 unspecified atom stereocenters. The van der Waals surface area contributed by atoms with Crippen LogP contribution < -0.4 is 0 Å². The Morgan fingerprint density at radius 1 is 1.73 bits per heavy atom. The Morgan fingerprint density at radius 3 is 2.73 bits per heavy atom. The van der Waals surface area contributed by atoms with Gasteiger partial charge in [-0.1, -0.05) is 0 Å². The lowest BCUT2D eigenvalue weighted by Crippen LogP contribution is -2.19. The zero-order chi connectivity index (χ0) is 8.48. The number of halogens is 3. The molecule has 0 saturated heterocycles. The molecule has 0 atom stereocenters. The average Bonchev–Trinajstić information content (AvgIpc) is 2.10. The second kappa shape index (κ2) is 2.89. The molecular weight excluding hydrogens is 218 g/mol. The van der Waals surface area contributed by atoms with Gasteiger partial charge in [0.15, 0.2) is 0 Å². The van der Waals surface area contributed by atoms with Crippen molar-refractivity contribution in [3.8, 4) is 0 Å². The Morgan fingerprint density at radius 2 is 2.36 bits per heavy atom. The smallest absolute Gasteiger partial charge is 0.264 e. The van der Waals surface area contributed by atoms with Crippen molar-refractivity contribution >= 4 is 15.9 Å². The van der Waals surface area contributed by atoms with E-state index in [1.807, 2.05) is 0 Å². The summed E-state index contributed by atoms with van der Waals surface area (Å²) in [6.07, 6.45) is 2.99. The third kappa shape index (κ3) is 2.96. The van der Waals surface area contributed by atoms with Crippen LogP contribution >= 0.6 is 15.9 Å². The molecule has 0 aliphatic carbocycles. The molecule has 0 spiro atoms. The van der Waals surface area contributed by atoms with Crippen molar-refractivity contribution in [2.45, 2.75) is 19.4 Å². The van der Waals surface area contributed by atoms with Gasteiger partial charge in [-0.2, -0.15) is 5.10 Å². The third-order valence-electron chi connectivity index (χ3n) is 1.04. The Hall–Kier alpha value is -0.450. The Kier molecular flexibility index (Phi) is 2.27. The molecule has 0 aromatic carbocycles. The van der Waals surface area contributed by atoms with E-state index in [4.69, 9.17) is 0 Å². The molecule has 0 aliphatic heterocycles. The van der Waals surface area contributed by atoms with E-state index in [2.05, 4.69) is 21.0 Å². The number of hydrogen-bond donors (Lipinski definition) is 0. The largest absolute Gasteiger partial charge is 0.266 e. The number of nitrogens with zero attached hydrogens (tertiary/aromatic N) is 2. The van der Waals surface area contributed by atoms with E-state index in [1.165, 1.54) is 17.1 Å². The average molecular weight is 225 g/mol. The predicted molar refractivity (Wildman–Crippen MR) is 40.5 cm³/mol. The summed E-state index contributed by atoms with van der Waals surface area (Å²) in [5.74, 6) is -2.70. The van der Waals surface area contributed by atoms with E-state index in [0.717, 1.165) is 6.92 Å². The molecule has 2 nitrogen and oxygen atoms in total. The lowest BCUT2D eigenvalue weighted by atomic mass is 10.4. The van der Waals surface area contributed by atoms with E-state index in [0.29, 0.717) is 4.47 Å². The van der Waals surface area contributed by atoms with Crippen molar-refractivity contribution in [3.63, 3.8) is 0 Å². The van der Waals surface area contributed by atoms with Crippen LogP contribution in [0.1, 0.15) is 6.92 Å². The number of alkyl halides is 2. The molecule has 5 heteroatoms. The fraction of sp³-hybridized carbons (Fsp3) is 0.500. The maximum atomic E-state index is 12.3. The molecule has 1 heterocycles. The van der Waals surface area contributed by atoms with Gasteiger partial charge in [-0.3, -0.25) is 4.68 Å². The lowest BCUT2D eigenvalue weighted by Gasteiger charge is -2.08. The van der Waals surface area contributed by atoms with Crippen molar-refractivity contribution in [1.29, 1.82) is 0 Å². The van der Waals surface area contributed by atoms with E-state index in [1.54, 1.807) is 0 Å². The minimum atomic E-state index is -2.70. The van der Waals surface area contributed by atoms with Gasteiger partial charge in [0, 0.05) is 13.1 Å². The summed E-state index contributed by atoms with van der Waals surface area (Å²) >= 11 is 3.11. The van der Waals surface area contributed by atoms with Crippen LogP contribution in [0.15, 0.2) is 16.9 Å². The van der Waals surface area contributed by atoms with Crippen molar-refractivity contribution < 1.29 is 8.78 Å². The van der Waals surface area contributed by atoms with Crippen LogP contribution in [0.3, 0.4) is 0 Å². The minimum absolute atomic E-state index is 0.376. The summed E-state index contributed by atoms with van der Waals surface area (Å²) in [6, 6.07) is 0. The highest BCUT2D eigenvalue weighted by atomic mass is 79.9. The van der Waals surface area contributed by atoms with Crippen LogP contribution in [-0.2, 0) is 6.54 Å². The predicted octanol–water partition coefficient (Wildman–Crippen LogP) is 2.30. The first-order valence-electron chi connectivity index (χ1n) is 3.03. The fourth-order valence-electron chi connectivity index (χ4n) is 0.709. The summed E-state index contributed by atoms with van der Waals surface area (Å²) < 4.78 is 26.6. The monoisotopic (exact) mass is 224 g/mol. The highest BCUT2D eigenvalue weighted by Gasteiger charge is 2.21. The van der Waals surface area contributed by atoms with Gasteiger partial charge in [0.1, 0.15) is 6.54 Å². The highest BCUT2D eigenvalue weighted by Crippen LogP contribution is 2.15. The van der Waals surface area contributed by atoms with Gasteiger partial charge in [0.2, 0.25) is 0 Å². The number of aromatic nitrogens is 2. The molecule has 1 aromatic heterocycles. The van der Waals surface area contributed by atoms with Crippen molar-refractivity contribution in [1.82, 2.24) is 9.78 Å². The van der Waals surface area contributed by atoms with Crippen molar-refractivity contribution in [2.75, 3.05) is 0 Å². The molecule has 1 rings (SSSR count). The molecule has 0 fully saturated rings. The van der Waals surface area contributed by atoms with Crippen LogP contribution in [0.4, 0.5) is 8.78 Å². The molecule has 0 bridgehead atoms. The Balaban J connectivity index is 2.65. The van der Waals surface area contributed by atoms with Gasteiger partial charge < -0.3 is 0 Å². The molecule has 0 aliphatic rings. The van der Waals surface area contributed by atoms with E-state index >= 15 is 0 Å².